The summed E-state index contributed by atoms with van der Waals surface area (Å²) in [6.07, 6.45) is 1.83. The molecule has 1 aromatic rings. The Morgan fingerprint density at radius 3 is 3.00 bits per heavy atom. The Morgan fingerprint density at radius 1 is 1.64 bits per heavy atom. The summed E-state index contributed by atoms with van der Waals surface area (Å²) >= 11 is 1.38. The van der Waals surface area contributed by atoms with E-state index in [1.165, 1.54) is 11.3 Å². The lowest BCUT2D eigenvalue weighted by atomic mass is 10.5. The van der Waals surface area contributed by atoms with Crippen molar-refractivity contribution in [1.82, 2.24) is 0 Å². The molecule has 0 fully saturated rings. The van der Waals surface area contributed by atoms with Gasteiger partial charge in [-0.1, -0.05) is 18.3 Å². The van der Waals surface area contributed by atoms with Crippen LogP contribution in [-0.2, 0) is 0 Å². The van der Waals surface area contributed by atoms with Gasteiger partial charge in [0.25, 0.3) is 0 Å². The van der Waals surface area contributed by atoms with Gasteiger partial charge in [-0.15, -0.1) is 0 Å². The molecule has 0 radical (unpaired) electrons. The van der Waals surface area contributed by atoms with Crippen molar-refractivity contribution in [2.75, 3.05) is 6.61 Å². The fourth-order valence-electron chi connectivity index (χ4n) is 0.678. The zero-order chi connectivity index (χ0) is 8.10. The normalized spacial score (nSPS) is 9.55. The fraction of sp³-hybridized carbons (Fsp3) is 0.375. The van der Waals surface area contributed by atoms with E-state index in [0.717, 1.165) is 29.3 Å². The van der Waals surface area contributed by atoms with Gasteiger partial charge in [-0.3, -0.25) is 4.79 Å². The van der Waals surface area contributed by atoms with E-state index in [9.17, 15) is 4.79 Å². The molecular formula is C8H10O2S. The van der Waals surface area contributed by atoms with E-state index in [1.807, 2.05) is 13.0 Å². The molecule has 11 heavy (non-hydrogen) atoms. The van der Waals surface area contributed by atoms with E-state index in [2.05, 4.69) is 0 Å². The highest BCUT2D eigenvalue weighted by Gasteiger charge is 1.97. The lowest BCUT2D eigenvalue weighted by Crippen LogP contribution is -1.91. The Balaban J connectivity index is 2.51. The van der Waals surface area contributed by atoms with Crippen LogP contribution in [-0.4, -0.2) is 12.9 Å². The predicted octanol–water partition coefficient (Wildman–Crippen LogP) is 2.35. The first-order valence-corrected chi connectivity index (χ1v) is 4.36. The van der Waals surface area contributed by atoms with Crippen molar-refractivity contribution in [3.05, 3.63) is 17.0 Å². The number of ether oxygens (including phenoxy) is 1. The molecule has 0 unspecified atom stereocenters. The molecule has 2 nitrogen and oxygen atoms in total. The molecule has 0 spiro atoms. The van der Waals surface area contributed by atoms with E-state index in [4.69, 9.17) is 4.74 Å². The van der Waals surface area contributed by atoms with Crippen LogP contribution >= 0.6 is 11.3 Å². The maximum atomic E-state index is 10.2. The molecule has 0 aliphatic carbocycles. The Kier molecular flexibility index (Phi) is 3.11. The number of thiophene rings is 1. The summed E-state index contributed by atoms with van der Waals surface area (Å²) < 4.78 is 5.30. The van der Waals surface area contributed by atoms with Crippen LogP contribution in [0.25, 0.3) is 0 Å². The van der Waals surface area contributed by atoms with Crippen molar-refractivity contribution in [1.29, 1.82) is 0 Å². The third-order valence-corrected chi connectivity index (χ3v) is 2.09. The minimum atomic E-state index is 0.719. The molecule has 3 heteroatoms. The summed E-state index contributed by atoms with van der Waals surface area (Å²) in [5.41, 5.74) is 0. The monoisotopic (exact) mass is 170 g/mol. The highest BCUT2D eigenvalue weighted by atomic mass is 32.1. The summed E-state index contributed by atoms with van der Waals surface area (Å²) in [6, 6.07) is 3.59. The molecule has 0 aliphatic rings. The van der Waals surface area contributed by atoms with Gasteiger partial charge in [0.1, 0.15) is 0 Å². The van der Waals surface area contributed by atoms with Crippen molar-refractivity contribution in [2.45, 2.75) is 13.3 Å². The highest BCUT2D eigenvalue weighted by Crippen LogP contribution is 2.22. The van der Waals surface area contributed by atoms with Gasteiger partial charge in [-0.2, -0.15) is 0 Å². The number of rotatable bonds is 4. The summed E-state index contributed by atoms with van der Waals surface area (Å²) in [6.45, 7) is 2.77. The van der Waals surface area contributed by atoms with Gasteiger partial charge in [0.05, 0.1) is 11.5 Å². The topological polar surface area (TPSA) is 26.3 Å². The van der Waals surface area contributed by atoms with E-state index < -0.39 is 0 Å². The Labute approximate surface area is 69.8 Å². The van der Waals surface area contributed by atoms with Gasteiger partial charge >= 0.3 is 0 Å². The first kappa shape index (κ1) is 8.27. The second-order valence-corrected chi connectivity index (χ2v) is 3.20. The molecule has 0 bridgehead atoms. The van der Waals surface area contributed by atoms with Gasteiger partial charge in [-0.05, 0) is 18.6 Å². The van der Waals surface area contributed by atoms with Crippen LogP contribution in [0.3, 0.4) is 0 Å². The highest BCUT2D eigenvalue weighted by molar-refractivity contribution is 7.15. The molecule has 60 valence electrons. The average molecular weight is 170 g/mol. The molecule has 0 amide bonds. The second kappa shape index (κ2) is 4.13. The molecule has 1 heterocycles. The third-order valence-electron chi connectivity index (χ3n) is 1.17. The molecular weight excluding hydrogens is 160 g/mol. The maximum Gasteiger partial charge on any atom is 0.174 e. The van der Waals surface area contributed by atoms with Crippen LogP contribution < -0.4 is 4.74 Å². The van der Waals surface area contributed by atoms with Gasteiger partial charge in [0.2, 0.25) is 0 Å². The number of carbonyl (C=O) groups excluding carboxylic acids is 1. The van der Waals surface area contributed by atoms with E-state index in [1.54, 1.807) is 6.07 Å². The van der Waals surface area contributed by atoms with Gasteiger partial charge < -0.3 is 4.74 Å². The minimum Gasteiger partial charge on any atom is -0.484 e. The largest absolute Gasteiger partial charge is 0.484 e. The van der Waals surface area contributed by atoms with Crippen LogP contribution in [0.15, 0.2) is 12.1 Å². The Hall–Kier alpha value is -0.830. The predicted molar refractivity (Wildman–Crippen MR) is 45.5 cm³/mol. The maximum absolute atomic E-state index is 10.2. The molecule has 0 aromatic carbocycles. The first-order valence-electron chi connectivity index (χ1n) is 3.54. The zero-order valence-electron chi connectivity index (χ0n) is 6.37. The molecule has 0 aliphatic heterocycles. The smallest absolute Gasteiger partial charge is 0.174 e. The number of hydrogen-bond acceptors (Lipinski definition) is 3. The first-order chi connectivity index (χ1) is 5.36. The molecule has 0 saturated heterocycles. The van der Waals surface area contributed by atoms with Crippen LogP contribution in [0.1, 0.15) is 23.0 Å². The van der Waals surface area contributed by atoms with Crippen molar-refractivity contribution in [3.63, 3.8) is 0 Å². The molecule has 0 saturated carbocycles. The number of carbonyl (C=O) groups is 1. The second-order valence-electron chi connectivity index (χ2n) is 2.12. The average Bonchev–Trinajstić information content (AvgIpc) is 2.48. The number of hydrogen-bond donors (Lipinski definition) is 0. The van der Waals surface area contributed by atoms with Crippen LogP contribution in [0.4, 0.5) is 0 Å². The SMILES string of the molecule is CCCOc1ccc(C=O)s1. The van der Waals surface area contributed by atoms with Crippen molar-refractivity contribution in [3.8, 4) is 5.06 Å². The quantitative estimate of drug-likeness (QED) is 0.648. The van der Waals surface area contributed by atoms with E-state index in [-0.39, 0.29) is 0 Å². The summed E-state index contributed by atoms with van der Waals surface area (Å²) in [7, 11) is 0. The zero-order valence-corrected chi connectivity index (χ0v) is 7.19. The standard InChI is InChI=1S/C8H10O2S/c1-2-5-10-8-4-3-7(6-9)11-8/h3-4,6H,2,5H2,1H3. The van der Waals surface area contributed by atoms with E-state index >= 15 is 0 Å². The van der Waals surface area contributed by atoms with Crippen molar-refractivity contribution >= 4 is 17.6 Å². The molecule has 0 N–H and O–H groups in total. The summed E-state index contributed by atoms with van der Waals surface area (Å²) in [5, 5.41) is 0.828. The van der Waals surface area contributed by atoms with Crippen LogP contribution in [0, 0.1) is 0 Å². The minimum absolute atomic E-state index is 0.719. The third kappa shape index (κ3) is 2.35. The van der Waals surface area contributed by atoms with Gasteiger partial charge in [0.15, 0.2) is 11.3 Å². The lowest BCUT2D eigenvalue weighted by Gasteiger charge is -1.97. The van der Waals surface area contributed by atoms with Gasteiger partial charge in [0, 0.05) is 0 Å². The van der Waals surface area contributed by atoms with E-state index in [0.29, 0.717) is 0 Å². The van der Waals surface area contributed by atoms with Crippen molar-refractivity contribution in [2.24, 2.45) is 0 Å². The molecule has 1 aromatic heterocycles. The van der Waals surface area contributed by atoms with Crippen LogP contribution in [0.5, 0.6) is 5.06 Å². The molecule has 1 rings (SSSR count). The van der Waals surface area contributed by atoms with Gasteiger partial charge in [-0.25, -0.2) is 0 Å². The van der Waals surface area contributed by atoms with Crippen molar-refractivity contribution < 1.29 is 9.53 Å². The lowest BCUT2D eigenvalue weighted by molar-refractivity contribution is 0.112. The number of aldehydes is 1. The summed E-state index contributed by atoms with van der Waals surface area (Å²) in [5.74, 6) is 0. The van der Waals surface area contributed by atoms with Crippen LogP contribution in [0.2, 0.25) is 0 Å². The fourth-order valence-corrected chi connectivity index (χ4v) is 1.37. The molecule has 0 atom stereocenters. The Morgan fingerprint density at radius 2 is 2.45 bits per heavy atom. The summed E-state index contributed by atoms with van der Waals surface area (Å²) in [4.78, 5) is 11.0. The Bertz CT molecular complexity index is 230.